The molecular weight excluding hydrogens is 248 g/mol. The summed E-state index contributed by atoms with van der Waals surface area (Å²) in [5.41, 5.74) is 2.02. The average Bonchev–Trinajstić information content (AvgIpc) is 3.00. The first-order chi connectivity index (χ1) is 9.61. The summed E-state index contributed by atoms with van der Waals surface area (Å²) in [6.07, 6.45) is 5.46. The fourth-order valence-electron chi connectivity index (χ4n) is 4.11. The molecule has 0 saturated heterocycles. The van der Waals surface area contributed by atoms with E-state index in [1.54, 1.807) is 0 Å². The fourth-order valence-corrected chi connectivity index (χ4v) is 4.11. The van der Waals surface area contributed by atoms with Gasteiger partial charge in [0, 0.05) is 11.7 Å². The molecule has 3 nitrogen and oxygen atoms in total. The van der Waals surface area contributed by atoms with Gasteiger partial charge in [-0.3, -0.25) is 0 Å². The van der Waals surface area contributed by atoms with Crippen molar-refractivity contribution in [1.29, 1.82) is 0 Å². The van der Waals surface area contributed by atoms with Crippen molar-refractivity contribution in [1.82, 2.24) is 5.32 Å². The minimum atomic E-state index is -0.0779. The first-order valence-corrected chi connectivity index (χ1v) is 7.76. The molecule has 2 aliphatic carbocycles. The predicted molar refractivity (Wildman–Crippen MR) is 81.7 cm³/mol. The highest BCUT2D eigenvalue weighted by atomic mass is 16.2. The van der Waals surface area contributed by atoms with E-state index >= 15 is 0 Å². The summed E-state index contributed by atoms with van der Waals surface area (Å²) < 4.78 is 0. The van der Waals surface area contributed by atoms with Gasteiger partial charge < -0.3 is 10.6 Å². The van der Waals surface area contributed by atoms with Gasteiger partial charge in [-0.25, -0.2) is 4.79 Å². The quantitative estimate of drug-likeness (QED) is 0.859. The number of carbonyl (C=O) groups is 1. The van der Waals surface area contributed by atoms with E-state index in [1.807, 2.05) is 31.2 Å². The number of fused-ring (bicyclic) bond motifs is 2. The van der Waals surface area contributed by atoms with E-state index in [2.05, 4.69) is 17.6 Å². The van der Waals surface area contributed by atoms with Crippen molar-refractivity contribution in [2.45, 2.75) is 45.6 Å². The molecule has 2 bridgehead atoms. The lowest BCUT2D eigenvalue weighted by atomic mass is 9.84. The van der Waals surface area contributed by atoms with E-state index in [0.717, 1.165) is 23.1 Å². The highest BCUT2D eigenvalue weighted by Crippen LogP contribution is 2.49. The number of benzene rings is 1. The number of hydrogen-bond donors (Lipinski definition) is 2. The van der Waals surface area contributed by atoms with Crippen LogP contribution in [0.4, 0.5) is 10.5 Å². The second kappa shape index (κ2) is 5.47. The van der Waals surface area contributed by atoms with Crippen LogP contribution < -0.4 is 10.6 Å². The lowest BCUT2D eigenvalue weighted by molar-refractivity contribution is 0.230. The van der Waals surface area contributed by atoms with Gasteiger partial charge in [-0.15, -0.1) is 0 Å². The summed E-state index contributed by atoms with van der Waals surface area (Å²) in [4.78, 5) is 12.1. The molecule has 0 heterocycles. The van der Waals surface area contributed by atoms with Crippen LogP contribution in [-0.2, 0) is 0 Å². The summed E-state index contributed by atoms with van der Waals surface area (Å²) in [5, 5.41) is 6.06. The standard InChI is InChI=1S/C17H24N2O/c1-11-4-3-5-15(8-11)19-17(20)18-12(2)16-10-13-6-7-14(16)9-13/h3-5,8,12-14,16H,6-7,9-10H2,1-2H3,(H2,18,19,20)/t12-,13+,14+,16+/m0/s1. The minimum Gasteiger partial charge on any atom is -0.335 e. The molecule has 2 aliphatic rings. The third-order valence-electron chi connectivity index (χ3n) is 5.07. The van der Waals surface area contributed by atoms with Gasteiger partial charge in [0.2, 0.25) is 0 Å². The van der Waals surface area contributed by atoms with E-state index in [0.29, 0.717) is 5.92 Å². The van der Waals surface area contributed by atoms with Crippen molar-refractivity contribution in [3.8, 4) is 0 Å². The molecule has 2 amide bonds. The van der Waals surface area contributed by atoms with Crippen LogP contribution in [0.25, 0.3) is 0 Å². The third-order valence-corrected chi connectivity index (χ3v) is 5.07. The van der Waals surface area contributed by atoms with E-state index in [-0.39, 0.29) is 12.1 Å². The summed E-state index contributed by atoms with van der Waals surface area (Å²) in [6, 6.07) is 8.10. The van der Waals surface area contributed by atoms with Crippen molar-refractivity contribution in [3.05, 3.63) is 29.8 Å². The number of nitrogens with one attached hydrogen (secondary N) is 2. The smallest absolute Gasteiger partial charge is 0.319 e. The molecule has 20 heavy (non-hydrogen) atoms. The number of anilines is 1. The predicted octanol–water partition coefficient (Wildman–Crippen LogP) is 3.94. The van der Waals surface area contributed by atoms with Gasteiger partial charge in [-0.2, -0.15) is 0 Å². The number of carbonyl (C=O) groups excluding carboxylic acids is 1. The van der Waals surface area contributed by atoms with Crippen LogP contribution in [0.1, 0.15) is 38.2 Å². The fraction of sp³-hybridized carbons (Fsp3) is 0.588. The molecular formula is C17H24N2O. The maximum absolute atomic E-state index is 12.1. The van der Waals surface area contributed by atoms with E-state index < -0.39 is 0 Å². The Hall–Kier alpha value is -1.51. The highest BCUT2D eigenvalue weighted by molar-refractivity contribution is 5.89. The first kappa shape index (κ1) is 13.5. The van der Waals surface area contributed by atoms with Gasteiger partial charge in [-0.1, -0.05) is 18.6 Å². The molecule has 4 atom stereocenters. The van der Waals surface area contributed by atoms with Crippen molar-refractivity contribution in [2.75, 3.05) is 5.32 Å². The number of hydrogen-bond acceptors (Lipinski definition) is 1. The second-order valence-electron chi connectivity index (χ2n) is 6.60. The zero-order chi connectivity index (χ0) is 14.1. The van der Waals surface area contributed by atoms with Crippen LogP contribution in [0.5, 0.6) is 0 Å². The second-order valence-corrected chi connectivity index (χ2v) is 6.60. The zero-order valence-corrected chi connectivity index (χ0v) is 12.4. The van der Waals surface area contributed by atoms with Gasteiger partial charge in [-0.05, 0) is 68.6 Å². The summed E-state index contributed by atoms with van der Waals surface area (Å²) in [5.74, 6) is 2.44. The molecule has 3 rings (SSSR count). The molecule has 1 aromatic carbocycles. The monoisotopic (exact) mass is 272 g/mol. The van der Waals surface area contributed by atoms with E-state index in [9.17, 15) is 4.79 Å². The zero-order valence-electron chi connectivity index (χ0n) is 12.4. The summed E-state index contributed by atoms with van der Waals surface area (Å²) in [6.45, 7) is 4.18. The summed E-state index contributed by atoms with van der Waals surface area (Å²) >= 11 is 0. The van der Waals surface area contributed by atoms with Gasteiger partial charge in [0.05, 0.1) is 0 Å². The molecule has 0 radical (unpaired) electrons. The Labute approximate surface area is 121 Å². The number of aryl methyl sites for hydroxylation is 1. The maximum atomic E-state index is 12.1. The summed E-state index contributed by atoms with van der Waals surface area (Å²) in [7, 11) is 0. The van der Waals surface area contributed by atoms with E-state index in [4.69, 9.17) is 0 Å². The van der Waals surface area contributed by atoms with E-state index in [1.165, 1.54) is 25.7 Å². The van der Waals surface area contributed by atoms with Gasteiger partial charge >= 0.3 is 6.03 Å². The molecule has 108 valence electrons. The normalized spacial score (nSPS) is 29.2. The van der Waals surface area contributed by atoms with Crippen molar-refractivity contribution in [2.24, 2.45) is 17.8 Å². The molecule has 2 N–H and O–H groups in total. The third kappa shape index (κ3) is 2.82. The van der Waals surface area contributed by atoms with Gasteiger partial charge in [0.1, 0.15) is 0 Å². The Kier molecular flexibility index (Phi) is 3.68. The Morgan fingerprint density at radius 3 is 2.80 bits per heavy atom. The Bertz CT molecular complexity index is 500. The molecule has 0 aromatic heterocycles. The minimum absolute atomic E-state index is 0.0779. The molecule has 0 aliphatic heterocycles. The topological polar surface area (TPSA) is 41.1 Å². The van der Waals surface area contributed by atoms with Crippen LogP contribution in [-0.4, -0.2) is 12.1 Å². The van der Waals surface area contributed by atoms with Gasteiger partial charge in [0.15, 0.2) is 0 Å². The number of rotatable bonds is 3. The van der Waals surface area contributed by atoms with Crippen molar-refractivity contribution >= 4 is 11.7 Å². The first-order valence-electron chi connectivity index (χ1n) is 7.76. The highest BCUT2D eigenvalue weighted by Gasteiger charge is 2.42. The Balaban J connectivity index is 1.53. The van der Waals surface area contributed by atoms with Crippen LogP contribution in [0, 0.1) is 24.7 Å². The van der Waals surface area contributed by atoms with Crippen LogP contribution in [0.15, 0.2) is 24.3 Å². The molecule has 0 unspecified atom stereocenters. The Morgan fingerprint density at radius 2 is 2.15 bits per heavy atom. The lowest BCUT2D eigenvalue weighted by Crippen LogP contribution is -2.42. The molecule has 0 spiro atoms. The van der Waals surface area contributed by atoms with Crippen LogP contribution in [0.2, 0.25) is 0 Å². The maximum Gasteiger partial charge on any atom is 0.319 e. The van der Waals surface area contributed by atoms with Crippen molar-refractivity contribution < 1.29 is 4.79 Å². The molecule has 2 fully saturated rings. The van der Waals surface area contributed by atoms with Gasteiger partial charge in [0.25, 0.3) is 0 Å². The lowest BCUT2D eigenvalue weighted by Gasteiger charge is -2.28. The molecule has 2 saturated carbocycles. The van der Waals surface area contributed by atoms with Crippen LogP contribution >= 0.6 is 0 Å². The molecule has 3 heteroatoms. The number of amides is 2. The average molecular weight is 272 g/mol. The number of urea groups is 1. The van der Waals surface area contributed by atoms with Crippen LogP contribution in [0.3, 0.4) is 0 Å². The Morgan fingerprint density at radius 1 is 1.30 bits per heavy atom. The molecule has 1 aromatic rings. The SMILES string of the molecule is Cc1cccc(NC(=O)N[C@@H](C)[C@H]2C[C@@H]3CC[C@@H]2C3)c1. The largest absolute Gasteiger partial charge is 0.335 e. The van der Waals surface area contributed by atoms with Crippen molar-refractivity contribution in [3.63, 3.8) is 0 Å².